The molecule has 1 amide bonds. The van der Waals surface area contributed by atoms with Crippen LogP contribution in [0.15, 0.2) is 30.3 Å². The van der Waals surface area contributed by atoms with Crippen LogP contribution in [0.1, 0.15) is 19.4 Å². The highest BCUT2D eigenvalue weighted by Gasteiger charge is 2.27. The summed E-state index contributed by atoms with van der Waals surface area (Å²) in [6.07, 6.45) is 3.50. The average molecular weight is 274 g/mol. The fraction of sp³-hybridized carbons (Fsp3) is 0.438. The molecule has 2 atom stereocenters. The average Bonchev–Trinajstić information content (AvgIpc) is 2.45. The van der Waals surface area contributed by atoms with Crippen LogP contribution in [0.4, 0.5) is 0 Å². The Labute approximate surface area is 120 Å². The molecule has 0 aliphatic carbocycles. The van der Waals surface area contributed by atoms with Gasteiger partial charge >= 0.3 is 0 Å². The van der Waals surface area contributed by atoms with Gasteiger partial charge in [-0.1, -0.05) is 12.1 Å². The number of methoxy groups -OCH3 is 1. The van der Waals surface area contributed by atoms with Gasteiger partial charge in [-0.15, -0.1) is 0 Å². The molecule has 1 heterocycles. The van der Waals surface area contributed by atoms with Crippen LogP contribution in [0.2, 0.25) is 0 Å². The summed E-state index contributed by atoms with van der Waals surface area (Å²) < 4.78 is 5.11. The molecule has 1 aromatic carbocycles. The smallest absolute Gasteiger partial charge is 0.247 e. The standard InChI is InChI=1S/C16H22N2O2/c1-12-10-17-11-13(2)18(12)16(19)9-6-14-4-7-15(20-3)8-5-14/h4-9,12-13,17H,10-11H2,1-3H3. The molecule has 1 aliphatic heterocycles. The molecule has 1 N–H and O–H groups in total. The van der Waals surface area contributed by atoms with Crippen LogP contribution in [0.25, 0.3) is 6.08 Å². The van der Waals surface area contributed by atoms with Crippen LogP contribution in [0, 0.1) is 0 Å². The van der Waals surface area contributed by atoms with E-state index in [1.54, 1.807) is 13.2 Å². The summed E-state index contributed by atoms with van der Waals surface area (Å²) in [5.74, 6) is 0.889. The molecule has 0 aromatic heterocycles. The van der Waals surface area contributed by atoms with Gasteiger partial charge < -0.3 is 15.0 Å². The van der Waals surface area contributed by atoms with E-state index in [9.17, 15) is 4.79 Å². The van der Waals surface area contributed by atoms with Gasteiger partial charge in [-0.2, -0.15) is 0 Å². The highest BCUT2D eigenvalue weighted by Crippen LogP contribution is 2.14. The van der Waals surface area contributed by atoms with Crippen LogP contribution in [-0.2, 0) is 4.79 Å². The highest BCUT2D eigenvalue weighted by molar-refractivity contribution is 5.92. The van der Waals surface area contributed by atoms with Crippen molar-refractivity contribution in [2.45, 2.75) is 25.9 Å². The number of carbonyl (C=O) groups is 1. The molecule has 1 aromatic rings. The van der Waals surface area contributed by atoms with Crippen LogP contribution >= 0.6 is 0 Å². The second-order valence-corrected chi connectivity index (χ2v) is 5.21. The van der Waals surface area contributed by atoms with Gasteiger partial charge in [0.15, 0.2) is 0 Å². The van der Waals surface area contributed by atoms with Crippen LogP contribution < -0.4 is 10.1 Å². The first-order valence-electron chi connectivity index (χ1n) is 6.97. The monoisotopic (exact) mass is 274 g/mol. The zero-order valence-electron chi connectivity index (χ0n) is 12.3. The quantitative estimate of drug-likeness (QED) is 0.856. The van der Waals surface area contributed by atoms with Crippen molar-refractivity contribution in [1.29, 1.82) is 0 Å². The summed E-state index contributed by atoms with van der Waals surface area (Å²) in [5.41, 5.74) is 0.995. The Morgan fingerprint density at radius 3 is 2.40 bits per heavy atom. The normalized spacial score (nSPS) is 23.1. The second kappa shape index (κ2) is 6.57. The first-order chi connectivity index (χ1) is 9.61. The van der Waals surface area contributed by atoms with E-state index in [1.165, 1.54) is 0 Å². The minimum Gasteiger partial charge on any atom is -0.497 e. The van der Waals surface area contributed by atoms with Gasteiger partial charge in [-0.25, -0.2) is 0 Å². The van der Waals surface area contributed by atoms with Crippen molar-refractivity contribution in [1.82, 2.24) is 10.2 Å². The van der Waals surface area contributed by atoms with Crippen LogP contribution in [-0.4, -0.2) is 43.1 Å². The van der Waals surface area contributed by atoms with Crippen molar-refractivity contribution in [3.05, 3.63) is 35.9 Å². The largest absolute Gasteiger partial charge is 0.497 e. The van der Waals surface area contributed by atoms with E-state index in [2.05, 4.69) is 19.2 Å². The summed E-state index contributed by atoms with van der Waals surface area (Å²) in [6, 6.07) is 8.11. The number of ether oxygens (including phenoxy) is 1. The molecule has 20 heavy (non-hydrogen) atoms. The third-order valence-electron chi connectivity index (χ3n) is 3.62. The number of benzene rings is 1. The van der Waals surface area contributed by atoms with Crippen LogP contribution in [0.5, 0.6) is 5.75 Å². The van der Waals surface area contributed by atoms with Gasteiger partial charge in [0.05, 0.1) is 7.11 Å². The number of hydrogen-bond acceptors (Lipinski definition) is 3. The number of carbonyl (C=O) groups excluding carboxylic acids is 1. The molecule has 0 spiro atoms. The fourth-order valence-electron chi connectivity index (χ4n) is 2.54. The molecule has 1 aliphatic rings. The molecular weight excluding hydrogens is 252 g/mol. The van der Waals surface area contributed by atoms with Gasteiger partial charge in [0.25, 0.3) is 0 Å². The van der Waals surface area contributed by atoms with Crippen molar-refractivity contribution >= 4 is 12.0 Å². The Morgan fingerprint density at radius 1 is 1.25 bits per heavy atom. The third kappa shape index (κ3) is 3.39. The first-order valence-corrected chi connectivity index (χ1v) is 6.97. The lowest BCUT2D eigenvalue weighted by Crippen LogP contribution is -2.56. The molecule has 0 radical (unpaired) electrons. The van der Waals surface area contributed by atoms with Crippen molar-refractivity contribution in [2.75, 3.05) is 20.2 Å². The van der Waals surface area contributed by atoms with E-state index in [1.807, 2.05) is 35.2 Å². The number of nitrogens with zero attached hydrogens (tertiary/aromatic N) is 1. The van der Waals surface area contributed by atoms with Gasteiger partial charge in [-0.3, -0.25) is 4.79 Å². The van der Waals surface area contributed by atoms with E-state index in [-0.39, 0.29) is 18.0 Å². The molecule has 108 valence electrons. The fourth-order valence-corrected chi connectivity index (χ4v) is 2.54. The predicted molar refractivity (Wildman–Crippen MR) is 80.7 cm³/mol. The Kier molecular flexibility index (Phi) is 4.79. The zero-order valence-corrected chi connectivity index (χ0v) is 12.3. The number of amides is 1. The van der Waals surface area contributed by atoms with Crippen LogP contribution in [0.3, 0.4) is 0 Å². The summed E-state index contributed by atoms with van der Waals surface area (Å²) in [7, 11) is 1.64. The maximum absolute atomic E-state index is 12.3. The maximum Gasteiger partial charge on any atom is 0.247 e. The molecule has 0 bridgehead atoms. The van der Waals surface area contributed by atoms with E-state index >= 15 is 0 Å². The molecule has 2 rings (SSSR count). The second-order valence-electron chi connectivity index (χ2n) is 5.21. The highest BCUT2D eigenvalue weighted by atomic mass is 16.5. The third-order valence-corrected chi connectivity index (χ3v) is 3.62. The van der Waals surface area contributed by atoms with E-state index in [0.717, 1.165) is 24.4 Å². The van der Waals surface area contributed by atoms with Gasteiger partial charge in [0, 0.05) is 31.2 Å². The van der Waals surface area contributed by atoms with Gasteiger partial charge in [0.2, 0.25) is 5.91 Å². The topological polar surface area (TPSA) is 41.6 Å². The number of rotatable bonds is 3. The van der Waals surface area contributed by atoms with Gasteiger partial charge in [-0.05, 0) is 37.6 Å². The molecule has 1 saturated heterocycles. The van der Waals surface area contributed by atoms with Crippen molar-refractivity contribution in [3.8, 4) is 5.75 Å². The van der Waals surface area contributed by atoms with E-state index < -0.39 is 0 Å². The summed E-state index contributed by atoms with van der Waals surface area (Å²) >= 11 is 0. The number of piperazine rings is 1. The van der Waals surface area contributed by atoms with E-state index in [0.29, 0.717) is 0 Å². The lowest BCUT2D eigenvalue weighted by Gasteiger charge is -2.38. The molecule has 1 fully saturated rings. The van der Waals surface area contributed by atoms with Crippen molar-refractivity contribution in [3.63, 3.8) is 0 Å². The summed E-state index contributed by atoms with van der Waals surface area (Å²) in [5, 5.41) is 3.32. The Morgan fingerprint density at radius 2 is 1.85 bits per heavy atom. The minimum atomic E-state index is 0.0716. The Balaban J connectivity index is 2.03. The minimum absolute atomic E-state index is 0.0716. The SMILES string of the molecule is COc1ccc(C=CC(=O)N2C(C)CNCC2C)cc1. The summed E-state index contributed by atoms with van der Waals surface area (Å²) in [4.78, 5) is 14.2. The van der Waals surface area contributed by atoms with E-state index in [4.69, 9.17) is 4.74 Å². The van der Waals surface area contributed by atoms with Gasteiger partial charge in [0.1, 0.15) is 5.75 Å². The zero-order chi connectivity index (χ0) is 14.5. The Hall–Kier alpha value is -1.81. The summed E-state index contributed by atoms with van der Waals surface area (Å²) in [6.45, 7) is 5.85. The maximum atomic E-state index is 12.3. The molecule has 4 heteroatoms. The van der Waals surface area contributed by atoms with Crippen molar-refractivity contribution < 1.29 is 9.53 Å². The Bertz CT molecular complexity index is 472. The number of hydrogen-bond donors (Lipinski definition) is 1. The molecule has 2 unspecified atom stereocenters. The lowest BCUT2D eigenvalue weighted by molar-refractivity contribution is -0.131. The number of nitrogens with one attached hydrogen (secondary N) is 1. The predicted octanol–water partition coefficient (Wildman–Crippen LogP) is 1.92. The molecule has 0 saturated carbocycles. The molecule has 4 nitrogen and oxygen atoms in total. The molecular formula is C16H22N2O2. The lowest BCUT2D eigenvalue weighted by atomic mass is 10.1. The van der Waals surface area contributed by atoms with Crippen molar-refractivity contribution in [2.24, 2.45) is 0 Å². The first kappa shape index (κ1) is 14.6.